The lowest BCUT2D eigenvalue weighted by atomic mass is 10.2. The Morgan fingerprint density at radius 3 is 2.46 bits per heavy atom. The van der Waals surface area contributed by atoms with E-state index in [1.807, 2.05) is 31.2 Å². The first kappa shape index (κ1) is 19.6. The normalized spacial score (nSPS) is 10.3. The number of carbonyl (C=O) groups excluding carboxylic acids is 2. The lowest BCUT2D eigenvalue weighted by molar-refractivity contribution is -0.133. The van der Waals surface area contributed by atoms with E-state index in [9.17, 15) is 9.59 Å². The molecule has 0 radical (unpaired) electrons. The maximum atomic E-state index is 12.2. The van der Waals surface area contributed by atoms with Gasteiger partial charge in [0.1, 0.15) is 5.75 Å². The number of nitrogens with zero attached hydrogens (tertiary/aromatic N) is 1. The summed E-state index contributed by atoms with van der Waals surface area (Å²) in [4.78, 5) is 25.7. The number of nitrogen functional groups attached to an aromatic ring is 1. The summed E-state index contributed by atoms with van der Waals surface area (Å²) >= 11 is 5.79. The lowest BCUT2D eigenvalue weighted by Crippen LogP contribution is -2.30. The molecule has 0 heterocycles. The number of anilines is 1. The lowest BCUT2D eigenvalue weighted by Gasteiger charge is -2.17. The molecular weight excluding hydrogens is 356 g/mol. The Morgan fingerprint density at radius 2 is 1.85 bits per heavy atom. The number of benzene rings is 2. The molecule has 0 aliphatic heterocycles. The van der Waals surface area contributed by atoms with Crippen molar-refractivity contribution < 1.29 is 19.1 Å². The number of esters is 1. The minimum Gasteiger partial charge on any atom is -0.494 e. The second-order valence-electron chi connectivity index (χ2n) is 5.63. The maximum Gasteiger partial charge on any atom is 0.340 e. The Labute approximate surface area is 157 Å². The van der Waals surface area contributed by atoms with Crippen LogP contribution in [0.15, 0.2) is 42.5 Å². The molecule has 0 aliphatic rings. The van der Waals surface area contributed by atoms with E-state index in [1.165, 1.54) is 23.1 Å². The van der Waals surface area contributed by atoms with Crippen molar-refractivity contribution in [3.8, 4) is 5.75 Å². The Bertz CT molecular complexity index is 778. The van der Waals surface area contributed by atoms with E-state index < -0.39 is 5.97 Å². The minimum atomic E-state index is -0.665. The number of rotatable bonds is 7. The van der Waals surface area contributed by atoms with Gasteiger partial charge in [0.2, 0.25) is 0 Å². The first-order chi connectivity index (χ1) is 12.4. The predicted molar refractivity (Wildman–Crippen MR) is 100 cm³/mol. The Kier molecular flexibility index (Phi) is 6.86. The van der Waals surface area contributed by atoms with Gasteiger partial charge in [-0.25, -0.2) is 4.79 Å². The van der Waals surface area contributed by atoms with Crippen LogP contribution in [0.2, 0.25) is 5.02 Å². The van der Waals surface area contributed by atoms with E-state index >= 15 is 0 Å². The van der Waals surface area contributed by atoms with E-state index in [1.54, 1.807) is 7.05 Å². The quantitative estimate of drug-likeness (QED) is 0.593. The third kappa shape index (κ3) is 5.39. The topological polar surface area (TPSA) is 81.9 Å². The average Bonchev–Trinajstić information content (AvgIpc) is 2.61. The zero-order valence-electron chi connectivity index (χ0n) is 14.7. The molecule has 0 saturated carbocycles. The molecule has 0 atom stereocenters. The second kappa shape index (κ2) is 9.10. The van der Waals surface area contributed by atoms with Crippen molar-refractivity contribution in [2.75, 3.05) is 26.0 Å². The molecule has 6 nitrogen and oxygen atoms in total. The van der Waals surface area contributed by atoms with Crippen molar-refractivity contribution in [2.24, 2.45) is 0 Å². The Hall–Kier alpha value is -2.73. The molecule has 2 aromatic carbocycles. The van der Waals surface area contributed by atoms with Crippen LogP contribution in [0, 0.1) is 0 Å². The number of halogens is 1. The van der Waals surface area contributed by atoms with E-state index in [0.29, 0.717) is 18.2 Å². The number of carbonyl (C=O) groups is 2. The van der Waals surface area contributed by atoms with Crippen LogP contribution in [0.25, 0.3) is 0 Å². The van der Waals surface area contributed by atoms with E-state index in [-0.39, 0.29) is 23.8 Å². The van der Waals surface area contributed by atoms with Gasteiger partial charge in [0.05, 0.1) is 12.2 Å². The van der Waals surface area contributed by atoms with Gasteiger partial charge < -0.3 is 20.1 Å². The molecule has 2 rings (SSSR count). The predicted octanol–water partition coefficient (Wildman–Crippen LogP) is 3.14. The van der Waals surface area contributed by atoms with Crippen molar-refractivity contribution in [3.63, 3.8) is 0 Å². The van der Waals surface area contributed by atoms with Crippen molar-refractivity contribution in [3.05, 3.63) is 58.6 Å². The molecule has 1 amide bonds. The first-order valence-corrected chi connectivity index (χ1v) is 8.46. The molecule has 0 saturated heterocycles. The zero-order chi connectivity index (χ0) is 19.1. The Morgan fingerprint density at radius 1 is 1.15 bits per heavy atom. The number of nitrogens with two attached hydrogens (primary N) is 1. The molecule has 2 aromatic rings. The summed E-state index contributed by atoms with van der Waals surface area (Å²) in [5.74, 6) is -0.207. The van der Waals surface area contributed by atoms with Gasteiger partial charge in [-0.05, 0) is 42.8 Å². The summed E-state index contributed by atoms with van der Waals surface area (Å²) in [5, 5.41) is 0.421. The third-order valence-electron chi connectivity index (χ3n) is 3.64. The monoisotopic (exact) mass is 376 g/mol. The molecule has 0 aliphatic carbocycles. The average molecular weight is 377 g/mol. The summed E-state index contributed by atoms with van der Waals surface area (Å²) in [5.41, 5.74) is 7.06. The largest absolute Gasteiger partial charge is 0.494 e. The first-order valence-electron chi connectivity index (χ1n) is 8.08. The van der Waals surface area contributed by atoms with Crippen molar-refractivity contribution >= 4 is 29.2 Å². The van der Waals surface area contributed by atoms with Crippen LogP contribution in [0.5, 0.6) is 5.75 Å². The standard InChI is InChI=1S/C19H21ClN2O4/c1-3-25-15-7-4-13(5-8-15)11-22(2)18(23)12-26-19(24)16-9-6-14(20)10-17(16)21/h4-10H,3,11-12,21H2,1-2H3. The van der Waals surface area contributed by atoms with Crippen molar-refractivity contribution in [1.29, 1.82) is 0 Å². The molecule has 2 N–H and O–H groups in total. The summed E-state index contributed by atoms with van der Waals surface area (Å²) in [7, 11) is 1.64. The van der Waals surface area contributed by atoms with Crippen molar-refractivity contribution in [2.45, 2.75) is 13.5 Å². The molecule has 0 spiro atoms. The van der Waals surface area contributed by atoms with Gasteiger partial charge in [-0.1, -0.05) is 23.7 Å². The summed E-state index contributed by atoms with van der Waals surface area (Å²) in [6, 6.07) is 11.9. The molecular formula is C19H21ClN2O4. The number of hydrogen-bond acceptors (Lipinski definition) is 5. The van der Waals surface area contributed by atoms with E-state index in [2.05, 4.69) is 0 Å². The zero-order valence-corrected chi connectivity index (χ0v) is 15.5. The molecule has 138 valence electrons. The van der Waals surface area contributed by atoms with Crippen LogP contribution >= 0.6 is 11.6 Å². The van der Waals surface area contributed by atoms with Gasteiger partial charge in [-0.3, -0.25) is 4.79 Å². The molecule has 26 heavy (non-hydrogen) atoms. The summed E-state index contributed by atoms with van der Waals surface area (Å²) < 4.78 is 10.4. The van der Waals surface area contributed by atoms with Crippen LogP contribution in [-0.2, 0) is 16.1 Å². The fraction of sp³-hybridized carbons (Fsp3) is 0.263. The molecule has 7 heteroatoms. The van der Waals surface area contributed by atoms with Crippen LogP contribution in [0.1, 0.15) is 22.8 Å². The van der Waals surface area contributed by atoms with Crippen LogP contribution in [0.4, 0.5) is 5.69 Å². The van der Waals surface area contributed by atoms with E-state index in [0.717, 1.165) is 11.3 Å². The van der Waals surface area contributed by atoms with Crippen LogP contribution < -0.4 is 10.5 Å². The molecule has 0 bridgehead atoms. The van der Waals surface area contributed by atoms with Crippen LogP contribution in [0.3, 0.4) is 0 Å². The Balaban J connectivity index is 1.87. The fourth-order valence-corrected chi connectivity index (χ4v) is 2.44. The summed E-state index contributed by atoms with van der Waals surface area (Å²) in [6.45, 7) is 2.54. The number of ether oxygens (including phenoxy) is 2. The molecule has 0 unspecified atom stereocenters. The number of likely N-dealkylation sites (N-methyl/N-ethyl adjacent to an activating group) is 1. The van der Waals surface area contributed by atoms with E-state index in [4.69, 9.17) is 26.8 Å². The van der Waals surface area contributed by atoms with Gasteiger partial charge in [0.15, 0.2) is 6.61 Å². The molecule has 0 aromatic heterocycles. The van der Waals surface area contributed by atoms with Gasteiger partial charge in [-0.2, -0.15) is 0 Å². The van der Waals surface area contributed by atoms with Gasteiger partial charge in [0.25, 0.3) is 5.91 Å². The highest BCUT2D eigenvalue weighted by Crippen LogP contribution is 2.19. The van der Waals surface area contributed by atoms with Gasteiger partial charge >= 0.3 is 5.97 Å². The van der Waals surface area contributed by atoms with Gasteiger partial charge in [0, 0.05) is 24.3 Å². The second-order valence-corrected chi connectivity index (χ2v) is 6.07. The maximum absolute atomic E-state index is 12.2. The highest BCUT2D eigenvalue weighted by atomic mass is 35.5. The molecule has 0 fully saturated rings. The minimum absolute atomic E-state index is 0.177. The van der Waals surface area contributed by atoms with Crippen LogP contribution in [-0.4, -0.2) is 37.0 Å². The third-order valence-corrected chi connectivity index (χ3v) is 3.88. The van der Waals surface area contributed by atoms with Crippen molar-refractivity contribution in [1.82, 2.24) is 4.90 Å². The summed E-state index contributed by atoms with van der Waals surface area (Å²) in [6.07, 6.45) is 0. The highest BCUT2D eigenvalue weighted by molar-refractivity contribution is 6.31. The number of hydrogen-bond donors (Lipinski definition) is 1. The number of amides is 1. The fourth-order valence-electron chi connectivity index (χ4n) is 2.25. The smallest absolute Gasteiger partial charge is 0.340 e. The van der Waals surface area contributed by atoms with Gasteiger partial charge in [-0.15, -0.1) is 0 Å². The SMILES string of the molecule is CCOc1ccc(CN(C)C(=O)COC(=O)c2ccc(Cl)cc2N)cc1. The highest BCUT2D eigenvalue weighted by Gasteiger charge is 2.16.